The van der Waals surface area contributed by atoms with Crippen LogP contribution in [-0.4, -0.2) is 24.9 Å². The molecule has 1 saturated carbocycles. The molecule has 0 amide bonds. The fourth-order valence-electron chi connectivity index (χ4n) is 2.19. The van der Waals surface area contributed by atoms with E-state index in [9.17, 15) is 5.11 Å². The van der Waals surface area contributed by atoms with Crippen molar-refractivity contribution in [2.75, 3.05) is 14.2 Å². The number of ether oxygens (including phenoxy) is 2. The maximum atomic E-state index is 10.0. The highest BCUT2D eigenvalue weighted by Crippen LogP contribution is 2.42. The summed E-state index contributed by atoms with van der Waals surface area (Å²) in [5.74, 6) is 1.53. The molecular weight excluding hydrogens is 216 g/mol. The molecule has 1 aromatic carbocycles. The summed E-state index contributed by atoms with van der Waals surface area (Å²) in [6.07, 6.45) is 2.51. The molecule has 0 aliphatic heterocycles. The molecule has 0 heterocycles. The first-order valence-electron chi connectivity index (χ1n) is 5.94. The van der Waals surface area contributed by atoms with E-state index in [1.807, 2.05) is 13.0 Å². The molecular formula is C14H20O3. The quantitative estimate of drug-likeness (QED) is 0.872. The van der Waals surface area contributed by atoms with E-state index in [1.165, 1.54) is 5.56 Å². The number of aliphatic hydroxyl groups is 1. The fraction of sp³-hybridized carbons (Fsp3) is 0.571. The van der Waals surface area contributed by atoms with Crippen molar-refractivity contribution in [3.63, 3.8) is 0 Å². The van der Waals surface area contributed by atoms with Crippen molar-refractivity contribution in [1.29, 1.82) is 0 Å². The highest BCUT2D eigenvalue weighted by atomic mass is 16.5. The van der Waals surface area contributed by atoms with Crippen LogP contribution in [0.1, 0.15) is 29.5 Å². The Balaban J connectivity index is 2.42. The Morgan fingerprint density at radius 3 is 2.29 bits per heavy atom. The van der Waals surface area contributed by atoms with Crippen LogP contribution in [0.25, 0.3) is 0 Å². The summed E-state index contributed by atoms with van der Waals surface area (Å²) in [4.78, 5) is 0. The number of hydrogen-bond acceptors (Lipinski definition) is 3. The van der Waals surface area contributed by atoms with E-state index >= 15 is 0 Å². The topological polar surface area (TPSA) is 38.7 Å². The minimum atomic E-state index is -0.475. The van der Waals surface area contributed by atoms with Crippen LogP contribution in [0.2, 0.25) is 0 Å². The molecule has 1 aliphatic rings. The zero-order chi connectivity index (χ0) is 12.6. The second-order valence-corrected chi connectivity index (χ2v) is 4.92. The highest BCUT2D eigenvalue weighted by Gasteiger charge is 2.40. The molecule has 94 valence electrons. The molecule has 0 radical (unpaired) electrons. The Bertz CT molecular complexity index is 434. The van der Waals surface area contributed by atoms with Crippen molar-refractivity contribution in [3.05, 3.63) is 22.8 Å². The van der Waals surface area contributed by atoms with Gasteiger partial charge in [0.15, 0.2) is 11.5 Å². The minimum absolute atomic E-state index is 0.475. The standard InChI is InChI=1S/C14H20O3/c1-9-10(2)13(17-4)12(16-3)7-11(9)8-14(15)5-6-14/h7,15H,5-6,8H2,1-4H3. The molecule has 0 unspecified atom stereocenters. The number of hydrogen-bond donors (Lipinski definition) is 1. The van der Waals surface area contributed by atoms with Gasteiger partial charge in [-0.15, -0.1) is 0 Å². The smallest absolute Gasteiger partial charge is 0.163 e. The highest BCUT2D eigenvalue weighted by molar-refractivity contribution is 5.54. The van der Waals surface area contributed by atoms with Gasteiger partial charge in [0.2, 0.25) is 0 Å². The molecule has 3 heteroatoms. The van der Waals surface area contributed by atoms with Gasteiger partial charge < -0.3 is 14.6 Å². The fourth-order valence-corrected chi connectivity index (χ4v) is 2.19. The van der Waals surface area contributed by atoms with Crippen LogP contribution >= 0.6 is 0 Å². The second-order valence-electron chi connectivity index (χ2n) is 4.92. The van der Waals surface area contributed by atoms with E-state index in [1.54, 1.807) is 14.2 Å². The van der Waals surface area contributed by atoms with Crippen molar-refractivity contribution in [1.82, 2.24) is 0 Å². The monoisotopic (exact) mass is 236 g/mol. The van der Waals surface area contributed by atoms with Crippen LogP contribution in [0.3, 0.4) is 0 Å². The third kappa shape index (κ3) is 2.25. The van der Waals surface area contributed by atoms with Crippen LogP contribution in [0.4, 0.5) is 0 Å². The molecule has 1 aromatic rings. The van der Waals surface area contributed by atoms with Crippen LogP contribution < -0.4 is 9.47 Å². The van der Waals surface area contributed by atoms with Gasteiger partial charge in [0.05, 0.1) is 19.8 Å². The van der Waals surface area contributed by atoms with Crippen molar-refractivity contribution >= 4 is 0 Å². The average Bonchev–Trinajstić information content (AvgIpc) is 3.02. The van der Waals surface area contributed by atoms with E-state index in [4.69, 9.17) is 9.47 Å². The summed E-state index contributed by atoms with van der Waals surface area (Å²) in [5, 5.41) is 10.0. The molecule has 17 heavy (non-hydrogen) atoms. The summed E-state index contributed by atoms with van der Waals surface area (Å²) in [7, 11) is 3.29. The van der Waals surface area contributed by atoms with Crippen LogP contribution in [0, 0.1) is 13.8 Å². The number of methoxy groups -OCH3 is 2. The summed E-state index contributed by atoms with van der Waals surface area (Å²) >= 11 is 0. The first-order chi connectivity index (χ1) is 8.00. The summed E-state index contributed by atoms with van der Waals surface area (Å²) in [5.41, 5.74) is 2.95. The lowest BCUT2D eigenvalue weighted by Gasteiger charge is -2.18. The average molecular weight is 236 g/mol. The largest absolute Gasteiger partial charge is 0.493 e. The van der Waals surface area contributed by atoms with E-state index < -0.39 is 5.60 Å². The van der Waals surface area contributed by atoms with E-state index in [0.717, 1.165) is 35.5 Å². The maximum absolute atomic E-state index is 10.0. The first kappa shape index (κ1) is 12.2. The van der Waals surface area contributed by atoms with Gasteiger partial charge in [0, 0.05) is 6.42 Å². The van der Waals surface area contributed by atoms with E-state index in [2.05, 4.69) is 6.92 Å². The zero-order valence-electron chi connectivity index (χ0n) is 11.0. The predicted octanol–water partition coefficient (Wildman–Crippen LogP) is 2.39. The van der Waals surface area contributed by atoms with Gasteiger partial charge in [-0.3, -0.25) is 0 Å². The number of rotatable bonds is 4. The van der Waals surface area contributed by atoms with Crippen molar-refractivity contribution in [2.45, 2.75) is 38.7 Å². The van der Waals surface area contributed by atoms with E-state index in [-0.39, 0.29) is 0 Å². The molecule has 0 aromatic heterocycles. The lowest BCUT2D eigenvalue weighted by Crippen LogP contribution is -2.12. The van der Waals surface area contributed by atoms with Gasteiger partial charge in [-0.2, -0.15) is 0 Å². The second kappa shape index (κ2) is 4.22. The van der Waals surface area contributed by atoms with Gasteiger partial charge in [-0.1, -0.05) is 0 Å². The Morgan fingerprint density at radius 2 is 1.82 bits per heavy atom. The maximum Gasteiger partial charge on any atom is 0.163 e. The molecule has 2 rings (SSSR count). The van der Waals surface area contributed by atoms with Gasteiger partial charge in [-0.25, -0.2) is 0 Å². The van der Waals surface area contributed by atoms with Crippen LogP contribution in [0.5, 0.6) is 11.5 Å². The van der Waals surface area contributed by atoms with Crippen molar-refractivity contribution in [3.8, 4) is 11.5 Å². The predicted molar refractivity (Wildman–Crippen MR) is 66.9 cm³/mol. The molecule has 1 aliphatic carbocycles. The molecule has 0 atom stereocenters. The lowest BCUT2D eigenvalue weighted by molar-refractivity contribution is 0.150. The molecule has 0 saturated heterocycles. The molecule has 1 N–H and O–H groups in total. The molecule has 3 nitrogen and oxygen atoms in total. The van der Waals surface area contributed by atoms with E-state index in [0.29, 0.717) is 6.42 Å². The Morgan fingerprint density at radius 1 is 1.18 bits per heavy atom. The third-order valence-electron chi connectivity index (χ3n) is 3.68. The van der Waals surface area contributed by atoms with Crippen LogP contribution in [-0.2, 0) is 6.42 Å². The molecule has 0 spiro atoms. The number of benzene rings is 1. The van der Waals surface area contributed by atoms with Gasteiger partial charge in [-0.05, 0) is 49.4 Å². The SMILES string of the molecule is COc1cc(CC2(O)CC2)c(C)c(C)c1OC. The lowest BCUT2D eigenvalue weighted by atomic mass is 9.96. The first-order valence-corrected chi connectivity index (χ1v) is 5.94. The Kier molecular flexibility index (Phi) is 3.04. The zero-order valence-corrected chi connectivity index (χ0v) is 11.0. The molecule has 0 bridgehead atoms. The van der Waals surface area contributed by atoms with Gasteiger partial charge >= 0.3 is 0 Å². The van der Waals surface area contributed by atoms with Crippen molar-refractivity contribution in [2.24, 2.45) is 0 Å². The Labute approximate surface area is 102 Å². The summed E-state index contributed by atoms with van der Waals surface area (Å²) in [6, 6.07) is 1.98. The summed E-state index contributed by atoms with van der Waals surface area (Å²) in [6.45, 7) is 4.09. The van der Waals surface area contributed by atoms with Crippen molar-refractivity contribution < 1.29 is 14.6 Å². The van der Waals surface area contributed by atoms with Gasteiger partial charge in [0.25, 0.3) is 0 Å². The summed E-state index contributed by atoms with van der Waals surface area (Å²) < 4.78 is 10.7. The van der Waals surface area contributed by atoms with Gasteiger partial charge in [0.1, 0.15) is 0 Å². The normalized spacial score (nSPS) is 16.8. The minimum Gasteiger partial charge on any atom is -0.493 e. The Hall–Kier alpha value is -1.22. The van der Waals surface area contributed by atoms with Crippen LogP contribution in [0.15, 0.2) is 6.07 Å². The third-order valence-corrected chi connectivity index (χ3v) is 3.68. The molecule has 1 fully saturated rings.